The molecule has 1 amide bonds. The molecule has 4 nitrogen and oxygen atoms in total. The maximum absolute atomic E-state index is 13.8. The second-order valence-electron chi connectivity index (χ2n) is 6.21. The van der Waals surface area contributed by atoms with Crippen LogP contribution in [0, 0.1) is 17.1 Å². The second kappa shape index (κ2) is 7.91. The summed E-state index contributed by atoms with van der Waals surface area (Å²) in [6.45, 7) is 3.65. The molecule has 0 bridgehead atoms. The SMILES string of the molecule is N#Cc1ccc(CN2CCCN(C(=O)c3ccccc3F)CC2)cc1. The van der Waals surface area contributed by atoms with E-state index in [0.717, 1.165) is 31.6 Å². The molecular weight excluding hydrogens is 317 g/mol. The fourth-order valence-corrected chi connectivity index (χ4v) is 3.08. The van der Waals surface area contributed by atoms with Gasteiger partial charge in [-0.1, -0.05) is 24.3 Å². The summed E-state index contributed by atoms with van der Waals surface area (Å²) < 4.78 is 13.8. The molecular formula is C20H20FN3O. The van der Waals surface area contributed by atoms with Crippen LogP contribution in [0.15, 0.2) is 48.5 Å². The number of nitriles is 1. The fraction of sp³-hybridized carbons (Fsp3) is 0.300. The Hall–Kier alpha value is -2.71. The van der Waals surface area contributed by atoms with E-state index >= 15 is 0 Å². The van der Waals surface area contributed by atoms with Gasteiger partial charge in [0.1, 0.15) is 5.82 Å². The summed E-state index contributed by atoms with van der Waals surface area (Å²) in [6.07, 6.45) is 0.858. The van der Waals surface area contributed by atoms with E-state index in [2.05, 4.69) is 11.0 Å². The van der Waals surface area contributed by atoms with Gasteiger partial charge in [-0.25, -0.2) is 4.39 Å². The lowest BCUT2D eigenvalue weighted by molar-refractivity contribution is 0.0756. The van der Waals surface area contributed by atoms with E-state index in [-0.39, 0.29) is 11.5 Å². The normalized spacial score (nSPS) is 15.4. The highest BCUT2D eigenvalue weighted by atomic mass is 19.1. The minimum absolute atomic E-state index is 0.142. The fourth-order valence-electron chi connectivity index (χ4n) is 3.08. The van der Waals surface area contributed by atoms with E-state index in [0.29, 0.717) is 18.7 Å². The molecule has 0 aromatic heterocycles. The number of rotatable bonds is 3. The number of hydrogen-bond acceptors (Lipinski definition) is 3. The van der Waals surface area contributed by atoms with Gasteiger partial charge in [0.15, 0.2) is 0 Å². The molecule has 3 rings (SSSR count). The van der Waals surface area contributed by atoms with Crippen molar-refractivity contribution in [3.8, 4) is 6.07 Å². The minimum Gasteiger partial charge on any atom is -0.337 e. The maximum atomic E-state index is 13.8. The standard InChI is InChI=1S/C20H20FN3O/c21-19-5-2-1-4-18(19)20(25)24-11-3-10-23(12-13-24)15-17-8-6-16(14-22)7-9-17/h1-2,4-9H,3,10-13,15H2. The van der Waals surface area contributed by atoms with Crippen molar-refractivity contribution in [2.75, 3.05) is 26.2 Å². The van der Waals surface area contributed by atoms with Crippen molar-refractivity contribution in [3.05, 3.63) is 71.0 Å². The molecule has 1 saturated heterocycles. The number of carbonyl (C=O) groups excluding carboxylic acids is 1. The van der Waals surface area contributed by atoms with Gasteiger partial charge in [-0.2, -0.15) is 5.26 Å². The summed E-state index contributed by atoms with van der Waals surface area (Å²) in [5.41, 5.74) is 1.94. The lowest BCUT2D eigenvalue weighted by atomic mass is 10.1. The number of halogens is 1. The Balaban J connectivity index is 1.61. The average Bonchev–Trinajstić information content (AvgIpc) is 2.88. The molecule has 2 aromatic carbocycles. The predicted molar refractivity (Wildman–Crippen MR) is 93.4 cm³/mol. The number of carbonyl (C=O) groups is 1. The first kappa shape index (κ1) is 17.1. The highest BCUT2D eigenvalue weighted by Gasteiger charge is 2.22. The van der Waals surface area contributed by atoms with Crippen molar-refractivity contribution in [2.24, 2.45) is 0 Å². The first-order valence-electron chi connectivity index (χ1n) is 8.42. The van der Waals surface area contributed by atoms with Crippen molar-refractivity contribution >= 4 is 5.91 Å². The van der Waals surface area contributed by atoms with Crippen LogP contribution in [0.25, 0.3) is 0 Å². The lowest BCUT2D eigenvalue weighted by Crippen LogP contribution is -2.35. The third kappa shape index (κ3) is 4.23. The Labute approximate surface area is 147 Å². The summed E-state index contributed by atoms with van der Waals surface area (Å²) in [7, 11) is 0. The van der Waals surface area contributed by atoms with Crippen LogP contribution in [0.5, 0.6) is 0 Å². The third-order valence-corrected chi connectivity index (χ3v) is 4.47. The van der Waals surface area contributed by atoms with Crippen LogP contribution in [-0.2, 0) is 6.54 Å². The van der Waals surface area contributed by atoms with Gasteiger partial charge < -0.3 is 4.90 Å². The Morgan fingerprint density at radius 3 is 2.52 bits per heavy atom. The van der Waals surface area contributed by atoms with Crippen molar-refractivity contribution < 1.29 is 9.18 Å². The molecule has 0 radical (unpaired) electrons. The van der Waals surface area contributed by atoms with Crippen molar-refractivity contribution in [2.45, 2.75) is 13.0 Å². The first-order chi connectivity index (χ1) is 12.2. The molecule has 1 heterocycles. The van der Waals surface area contributed by atoms with E-state index in [1.165, 1.54) is 12.1 Å². The summed E-state index contributed by atoms with van der Waals surface area (Å²) in [4.78, 5) is 16.6. The van der Waals surface area contributed by atoms with Crippen LogP contribution in [0.4, 0.5) is 4.39 Å². The van der Waals surface area contributed by atoms with Crippen molar-refractivity contribution in [1.82, 2.24) is 9.80 Å². The first-order valence-corrected chi connectivity index (χ1v) is 8.42. The molecule has 0 saturated carbocycles. The molecule has 128 valence electrons. The van der Waals surface area contributed by atoms with Crippen LogP contribution >= 0.6 is 0 Å². The minimum atomic E-state index is -0.466. The zero-order valence-corrected chi connectivity index (χ0v) is 14.0. The third-order valence-electron chi connectivity index (χ3n) is 4.47. The molecule has 25 heavy (non-hydrogen) atoms. The van der Waals surface area contributed by atoms with Crippen LogP contribution in [-0.4, -0.2) is 41.9 Å². The number of amides is 1. The highest BCUT2D eigenvalue weighted by Crippen LogP contribution is 2.14. The largest absolute Gasteiger partial charge is 0.337 e. The molecule has 0 spiro atoms. The average molecular weight is 337 g/mol. The van der Waals surface area contributed by atoms with Gasteiger partial charge in [0, 0.05) is 32.7 Å². The molecule has 0 aliphatic carbocycles. The van der Waals surface area contributed by atoms with Gasteiger partial charge in [-0.15, -0.1) is 0 Å². The topological polar surface area (TPSA) is 47.3 Å². The molecule has 1 aliphatic rings. The molecule has 5 heteroatoms. The van der Waals surface area contributed by atoms with Crippen LogP contribution in [0.2, 0.25) is 0 Å². The number of nitrogens with zero attached hydrogens (tertiary/aromatic N) is 3. The number of hydrogen-bond donors (Lipinski definition) is 0. The number of benzene rings is 2. The second-order valence-corrected chi connectivity index (χ2v) is 6.21. The van der Waals surface area contributed by atoms with Crippen LogP contribution < -0.4 is 0 Å². The van der Waals surface area contributed by atoms with E-state index in [9.17, 15) is 9.18 Å². The Kier molecular flexibility index (Phi) is 5.42. The van der Waals surface area contributed by atoms with E-state index in [4.69, 9.17) is 5.26 Å². The quantitative estimate of drug-likeness (QED) is 0.865. The zero-order valence-electron chi connectivity index (χ0n) is 14.0. The molecule has 0 unspecified atom stereocenters. The maximum Gasteiger partial charge on any atom is 0.256 e. The zero-order chi connectivity index (χ0) is 17.6. The summed E-state index contributed by atoms with van der Waals surface area (Å²) in [5, 5.41) is 8.86. The smallest absolute Gasteiger partial charge is 0.256 e. The van der Waals surface area contributed by atoms with Gasteiger partial charge in [0.05, 0.1) is 17.2 Å². The van der Waals surface area contributed by atoms with Crippen LogP contribution in [0.3, 0.4) is 0 Å². The molecule has 0 atom stereocenters. The highest BCUT2D eigenvalue weighted by molar-refractivity contribution is 5.94. The summed E-state index contributed by atoms with van der Waals surface area (Å²) in [5.74, 6) is -0.704. The summed E-state index contributed by atoms with van der Waals surface area (Å²) in [6, 6.07) is 15.8. The lowest BCUT2D eigenvalue weighted by Gasteiger charge is -2.22. The van der Waals surface area contributed by atoms with Gasteiger partial charge in [-0.05, 0) is 36.2 Å². The van der Waals surface area contributed by atoms with Gasteiger partial charge >= 0.3 is 0 Å². The Morgan fingerprint density at radius 1 is 1.04 bits per heavy atom. The van der Waals surface area contributed by atoms with E-state index in [1.54, 1.807) is 17.0 Å². The van der Waals surface area contributed by atoms with Crippen molar-refractivity contribution in [1.29, 1.82) is 5.26 Å². The monoisotopic (exact) mass is 337 g/mol. The van der Waals surface area contributed by atoms with Gasteiger partial charge in [0.2, 0.25) is 0 Å². The Morgan fingerprint density at radius 2 is 1.80 bits per heavy atom. The summed E-state index contributed by atoms with van der Waals surface area (Å²) >= 11 is 0. The van der Waals surface area contributed by atoms with Crippen LogP contribution in [0.1, 0.15) is 27.9 Å². The Bertz CT molecular complexity index is 782. The predicted octanol–water partition coefficient (Wildman–Crippen LogP) is 3.05. The van der Waals surface area contributed by atoms with E-state index in [1.807, 2.05) is 24.3 Å². The van der Waals surface area contributed by atoms with Gasteiger partial charge in [0.25, 0.3) is 5.91 Å². The molecule has 1 fully saturated rings. The molecule has 0 N–H and O–H groups in total. The van der Waals surface area contributed by atoms with Crippen molar-refractivity contribution in [3.63, 3.8) is 0 Å². The molecule has 2 aromatic rings. The van der Waals surface area contributed by atoms with Gasteiger partial charge in [-0.3, -0.25) is 9.69 Å². The molecule has 1 aliphatic heterocycles. The van der Waals surface area contributed by atoms with E-state index < -0.39 is 5.82 Å².